The lowest BCUT2D eigenvalue weighted by molar-refractivity contribution is -0.137. The van der Waals surface area contributed by atoms with Gasteiger partial charge in [0.2, 0.25) is 0 Å². The molecule has 2 aliphatic heterocycles. The summed E-state index contributed by atoms with van der Waals surface area (Å²) in [7, 11) is 2.08. The minimum absolute atomic E-state index is 0.155. The van der Waals surface area contributed by atoms with Crippen LogP contribution in [-0.2, 0) is 10.9 Å². The summed E-state index contributed by atoms with van der Waals surface area (Å²) in [5, 5.41) is 18.7. The van der Waals surface area contributed by atoms with Gasteiger partial charge in [-0.15, -0.1) is 10.2 Å². The Morgan fingerprint density at radius 2 is 1.97 bits per heavy atom. The van der Waals surface area contributed by atoms with Gasteiger partial charge < -0.3 is 19.6 Å². The van der Waals surface area contributed by atoms with Gasteiger partial charge in [0.05, 0.1) is 30.0 Å². The fraction of sp³-hybridized carbons (Fsp3) is 0.500. The molecule has 0 amide bonds. The van der Waals surface area contributed by atoms with E-state index in [1.165, 1.54) is 6.92 Å². The molecule has 0 bridgehead atoms. The summed E-state index contributed by atoms with van der Waals surface area (Å²) >= 11 is 0. The summed E-state index contributed by atoms with van der Waals surface area (Å²) in [4.78, 5) is 4.44. The summed E-state index contributed by atoms with van der Waals surface area (Å²) in [6.45, 7) is 4.70. The molecule has 0 saturated carbocycles. The SMILES string of the molecule is Cc1cc(C(F)(F)F)cc(O)c1-c1ccc(N2CCOC3CCN(C)CC32)nn1. The number of ether oxygens (including phenoxy) is 1. The molecule has 2 atom stereocenters. The van der Waals surface area contributed by atoms with Crippen molar-refractivity contribution in [2.45, 2.75) is 31.7 Å². The van der Waals surface area contributed by atoms with Crippen LogP contribution in [0.15, 0.2) is 24.3 Å². The van der Waals surface area contributed by atoms with Gasteiger partial charge >= 0.3 is 6.18 Å². The van der Waals surface area contributed by atoms with Crippen molar-refractivity contribution in [1.82, 2.24) is 15.1 Å². The van der Waals surface area contributed by atoms with E-state index >= 15 is 0 Å². The quantitative estimate of drug-likeness (QED) is 0.824. The Balaban J connectivity index is 1.61. The first-order chi connectivity index (χ1) is 13.7. The number of nitrogens with zero attached hydrogens (tertiary/aromatic N) is 4. The van der Waals surface area contributed by atoms with E-state index in [2.05, 4.69) is 27.0 Å². The number of phenolic OH excluding ortho intramolecular Hbond substituents is 1. The second kappa shape index (κ2) is 7.46. The maximum Gasteiger partial charge on any atom is 0.416 e. The predicted molar refractivity (Wildman–Crippen MR) is 102 cm³/mol. The monoisotopic (exact) mass is 408 g/mol. The van der Waals surface area contributed by atoms with Gasteiger partial charge in [-0.1, -0.05) is 0 Å². The number of anilines is 1. The van der Waals surface area contributed by atoms with E-state index in [0.29, 0.717) is 30.2 Å². The zero-order chi connectivity index (χ0) is 20.8. The molecule has 6 nitrogen and oxygen atoms in total. The molecule has 2 unspecified atom stereocenters. The summed E-state index contributed by atoms with van der Waals surface area (Å²) in [5.74, 6) is 0.242. The number of hydrogen-bond donors (Lipinski definition) is 1. The Kier molecular flexibility index (Phi) is 5.12. The molecule has 29 heavy (non-hydrogen) atoms. The van der Waals surface area contributed by atoms with Crippen molar-refractivity contribution in [3.05, 3.63) is 35.4 Å². The Hall–Kier alpha value is -2.39. The number of morpholine rings is 1. The highest BCUT2D eigenvalue weighted by molar-refractivity contribution is 5.71. The molecule has 2 fully saturated rings. The molecule has 0 aliphatic carbocycles. The number of benzene rings is 1. The first-order valence-electron chi connectivity index (χ1n) is 9.56. The smallest absolute Gasteiger partial charge is 0.416 e. The molecule has 1 N–H and O–H groups in total. The van der Waals surface area contributed by atoms with Gasteiger partial charge in [-0.2, -0.15) is 13.2 Å². The Bertz CT molecular complexity index is 865. The fourth-order valence-corrected chi connectivity index (χ4v) is 4.19. The number of likely N-dealkylation sites (tertiary alicyclic amines) is 1. The topological polar surface area (TPSA) is 61.7 Å². The number of aromatic hydroxyl groups is 1. The Morgan fingerprint density at radius 3 is 2.62 bits per heavy atom. The number of piperidine rings is 1. The third-order valence-corrected chi connectivity index (χ3v) is 5.63. The van der Waals surface area contributed by atoms with Crippen LogP contribution in [-0.4, -0.2) is 65.6 Å². The third kappa shape index (κ3) is 3.89. The zero-order valence-corrected chi connectivity index (χ0v) is 16.3. The van der Waals surface area contributed by atoms with E-state index in [0.717, 1.165) is 31.6 Å². The second-order valence-electron chi connectivity index (χ2n) is 7.68. The molecule has 2 aliphatic rings. The van der Waals surface area contributed by atoms with Gasteiger partial charge in [0.1, 0.15) is 5.75 Å². The van der Waals surface area contributed by atoms with Crippen LogP contribution in [0.25, 0.3) is 11.3 Å². The number of phenols is 1. The number of alkyl halides is 3. The van der Waals surface area contributed by atoms with Crippen molar-refractivity contribution in [2.24, 2.45) is 0 Å². The summed E-state index contributed by atoms with van der Waals surface area (Å²) in [6, 6.07) is 5.41. The van der Waals surface area contributed by atoms with E-state index < -0.39 is 17.5 Å². The van der Waals surface area contributed by atoms with E-state index in [1.807, 2.05) is 0 Å². The number of aryl methyl sites for hydroxylation is 1. The largest absolute Gasteiger partial charge is 0.507 e. The Morgan fingerprint density at radius 1 is 1.17 bits per heavy atom. The molecule has 3 heterocycles. The van der Waals surface area contributed by atoms with Crippen LogP contribution in [0.3, 0.4) is 0 Å². The van der Waals surface area contributed by atoms with Crippen LogP contribution in [0.5, 0.6) is 5.75 Å². The molecule has 1 aromatic heterocycles. The van der Waals surface area contributed by atoms with Crippen molar-refractivity contribution >= 4 is 5.82 Å². The number of aromatic nitrogens is 2. The molecular formula is C20H23F3N4O2. The van der Waals surface area contributed by atoms with Gasteiger partial charge in [-0.25, -0.2) is 0 Å². The summed E-state index contributed by atoms with van der Waals surface area (Å²) in [6.07, 6.45) is -3.40. The van der Waals surface area contributed by atoms with Gasteiger partial charge in [0, 0.05) is 25.2 Å². The second-order valence-corrected chi connectivity index (χ2v) is 7.68. The van der Waals surface area contributed by atoms with Gasteiger partial charge in [-0.3, -0.25) is 0 Å². The molecule has 1 aromatic carbocycles. The van der Waals surface area contributed by atoms with Crippen molar-refractivity contribution in [2.75, 3.05) is 38.2 Å². The highest BCUT2D eigenvalue weighted by Crippen LogP contribution is 2.38. The Labute approximate surface area is 166 Å². The van der Waals surface area contributed by atoms with Crippen molar-refractivity contribution in [3.8, 4) is 17.0 Å². The first-order valence-corrected chi connectivity index (χ1v) is 9.56. The van der Waals surface area contributed by atoms with E-state index in [9.17, 15) is 18.3 Å². The van der Waals surface area contributed by atoms with Gasteiger partial charge in [0.25, 0.3) is 0 Å². The molecular weight excluding hydrogens is 385 g/mol. The maximum absolute atomic E-state index is 12.9. The molecule has 9 heteroatoms. The van der Waals surface area contributed by atoms with Crippen LogP contribution < -0.4 is 4.90 Å². The lowest BCUT2D eigenvalue weighted by Crippen LogP contribution is -2.59. The average molecular weight is 408 g/mol. The highest BCUT2D eigenvalue weighted by atomic mass is 19.4. The molecule has 2 aromatic rings. The fourth-order valence-electron chi connectivity index (χ4n) is 4.19. The molecule has 4 rings (SSSR count). The van der Waals surface area contributed by atoms with E-state index in [1.54, 1.807) is 12.1 Å². The first kappa shape index (κ1) is 19.9. The van der Waals surface area contributed by atoms with Crippen molar-refractivity contribution in [3.63, 3.8) is 0 Å². The van der Waals surface area contributed by atoms with Crippen LogP contribution in [0, 0.1) is 6.92 Å². The third-order valence-electron chi connectivity index (χ3n) is 5.63. The number of hydrogen-bond acceptors (Lipinski definition) is 6. The van der Waals surface area contributed by atoms with Gasteiger partial charge in [-0.05, 0) is 50.2 Å². The van der Waals surface area contributed by atoms with Crippen LogP contribution in [0.1, 0.15) is 17.5 Å². The number of fused-ring (bicyclic) bond motifs is 1. The van der Waals surface area contributed by atoms with Crippen molar-refractivity contribution in [1.29, 1.82) is 0 Å². The van der Waals surface area contributed by atoms with Gasteiger partial charge in [0.15, 0.2) is 5.82 Å². The molecule has 2 saturated heterocycles. The highest BCUT2D eigenvalue weighted by Gasteiger charge is 2.37. The summed E-state index contributed by atoms with van der Waals surface area (Å²) in [5.41, 5.74) is -0.00123. The lowest BCUT2D eigenvalue weighted by Gasteiger charge is -2.46. The number of rotatable bonds is 2. The van der Waals surface area contributed by atoms with Crippen LogP contribution in [0.2, 0.25) is 0 Å². The maximum atomic E-state index is 12.9. The minimum Gasteiger partial charge on any atom is -0.507 e. The average Bonchev–Trinajstić information content (AvgIpc) is 2.67. The predicted octanol–water partition coefficient (Wildman–Crippen LogP) is 3.09. The summed E-state index contributed by atoms with van der Waals surface area (Å²) < 4.78 is 44.7. The van der Waals surface area contributed by atoms with Crippen LogP contribution >= 0.6 is 0 Å². The lowest BCUT2D eigenvalue weighted by atomic mass is 9.99. The van der Waals surface area contributed by atoms with Crippen molar-refractivity contribution < 1.29 is 23.0 Å². The minimum atomic E-state index is -4.52. The standard InChI is InChI=1S/C20H23F3N4O2/c1-12-9-13(20(21,22)23)10-16(28)19(12)14-3-4-18(25-24-14)27-7-8-29-17-5-6-26(2)11-15(17)27/h3-4,9-10,15,17,28H,5-8,11H2,1-2H3. The molecule has 156 valence electrons. The number of halogens is 3. The number of likely N-dealkylation sites (N-methyl/N-ethyl adjacent to an activating group) is 1. The molecule has 0 radical (unpaired) electrons. The van der Waals surface area contributed by atoms with E-state index in [4.69, 9.17) is 4.74 Å². The zero-order valence-electron chi connectivity index (χ0n) is 16.3. The van der Waals surface area contributed by atoms with E-state index in [-0.39, 0.29) is 17.7 Å². The normalized spacial score (nSPS) is 23.1. The van der Waals surface area contributed by atoms with Crippen LogP contribution in [0.4, 0.5) is 19.0 Å². The molecule has 0 spiro atoms.